The Hall–Kier alpha value is -2.67. The normalized spacial score (nSPS) is 13.8. The monoisotopic (exact) mass is 468 g/mol. The van der Waals surface area contributed by atoms with Crippen LogP contribution >= 0.6 is 11.6 Å². The Bertz CT molecular complexity index is 1180. The van der Waals surface area contributed by atoms with Gasteiger partial charge in [0.25, 0.3) is 5.91 Å². The number of amides is 1. The van der Waals surface area contributed by atoms with Gasteiger partial charge in [0.05, 0.1) is 4.90 Å². The number of rotatable bonds is 8. The molecule has 1 aliphatic carbocycles. The number of halogens is 1. The summed E-state index contributed by atoms with van der Waals surface area (Å²) in [5.74, 6) is -0.00558. The molecule has 0 bridgehead atoms. The van der Waals surface area contributed by atoms with Crippen LogP contribution in [0.3, 0.4) is 0 Å². The van der Waals surface area contributed by atoms with Gasteiger partial charge >= 0.3 is 0 Å². The highest BCUT2D eigenvalue weighted by Crippen LogP contribution is 2.27. The van der Waals surface area contributed by atoms with Crippen LogP contribution in [0.4, 0.5) is 0 Å². The molecule has 1 amide bonds. The molecule has 5 nitrogen and oxygen atoms in total. The van der Waals surface area contributed by atoms with E-state index in [2.05, 4.69) is 0 Å². The first kappa shape index (κ1) is 22.5. The molecular weight excluding hydrogens is 444 g/mol. The van der Waals surface area contributed by atoms with Crippen molar-refractivity contribution in [3.05, 3.63) is 101 Å². The van der Waals surface area contributed by atoms with Gasteiger partial charge in [0, 0.05) is 36.8 Å². The minimum Gasteiger partial charge on any atom is -0.339 e. The smallest absolute Gasteiger partial charge is 0.253 e. The lowest BCUT2D eigenvalue weighted by molar-refractivity contribution is 0.0785. The molecule has 1 saturated carbocycles. The van der Waals surface area contributed by atoms with Gasteiger partial charge in [-0.3, -0.25) is 4.79 Å². The second-order valence-electron chi connectivity index (χ2n) is 8.06. The summed E-state index contributed by atoms with van der Waals surface area (Å²) < 4.78 is 28.3. The lowest BCUT2D eigenvalue weighted by Gasteiger charge is -2.23. The zero-order chi connectivity index (χ0) is 22.7. The maximum Gasteiger partial charge on any atom is 0.253 e. The lowest BCUT2D eigenvalue weighted by atomic mass is 10.1. The fourth-order valence-electron chi connectivity index (χ4n) is 3.56. The first-order valence-corrected chi connectivity index (χ1v) is 12.3. The number of hydrogen-bond acceptors (Lipinski definition) is 3. The minimum atomic E-state index is -3.76. The summed E-state index contributed by atoms with van der Waals surface area (Å²) in [7, 11) is -1.93. The van der Waals surface area contributed by atoms with E-state index in [4.69, 9.17) is 11.6 Å². The van der Waals surface area contributed by atoms with Crippen LogP contribution in [0.2, 0.25) is 5.02 Å². The zero-order valence-corrected chi connectivity index (χ0v) is 19.4. The van der Waals surface area contributed by atoms with Crippen molar-refractivity contribution in [1.29, 1.82) is 0 Å². The number of carbonyl (C=O) groups excluding carboxylic acids is 1. The molecule has 0 atom stereocenters. The maximum absolute atomic E-state index is 13.4. The fraction of sp³-hybridized carbons (Fsp3) is 0.240. The molecule has 0 radical (unpaired) electrons. The molecule has 4 rings (SSSR count). The Labute approximate surface area is 194 Å². The number of nitrogens with zero attached hydrogens (tertiary/aromatic N) is 2. The largest absolute Gasteiger partial charge is 0.339 e. The van der Waals surface area contributed by atoms with Crippen LogP contribution in [-0.4, -0.2) is 36.6 Å². The molecule has 3 aromatic rings. The topological polar surface area (TPSA) is 57.7 Å². The van der Waals surface area contributed by atoms with Gasteiger partial charge < -0.3 is 4.90 Å². The first-order chi connectivity index (χ1) is 15.3. The van der Waals surface area contributed by atoms with Crippen LogP contribution in [0.5, 0.6) is 0 Å². The van der Waals surface area contributed by atoms with Crippen LogP contribution in [-0.2, 0) is 23.1 Å². The van der Waals surface area contributed by atoms with Crippen molar-refractivity contribution in [1.82, 2.24) is 9.21 Å². The van der Waals surface area contributed by atoms with Gasteiger partial charge in [-0.25, -0.2) is 8.42 Å². The number of sulfonamides is 1. The van der Waals surface area contributed by atoms with Gasteiger partial charge in [0.15, 0.2) is 0 Å². The molecule has 0 heterocycles. The molecule has 0 N–H and O–H groups in total. The molecule has 7 heteroatoms. The van der Waals surface area contributed by atoms with Crippen molar-refractivity contribution in [2.45, 2.75) is 36.9 Å². The Morgan fingerprint density at radius 2 is 1.44 bits per heavy atom. The Morgan fingerprint density at radius 3 is 2.00 bits per heavy atom. The average molecular weight is 469 g/mol. The van der Waals surface area contributed by atoms with E-state index in [0.29, 0.717) is 16.6 Å². The second kappa shape index (κ2) is 9.45. The SMILES string of the molecule is CN(C(=O)c1ccc(CN(Cc2ccccc2)S(=O)(=O)c2ccc(Cl)cc2)cc1)C1CC1. The molecule has 32 heavy (non-hydrogen) atoms. The second-order valence-corrected chi connectivity index (χ2v) is 10.4. The van der Waals surface area contributed by atoms with Crippen LogP contribution in [0, 0.1) is 0 Å². The van der Waals surface area contributed by atoms with Crippen molar-refractivity contribution in [2.24, 2.45) is 0 Å². The highest BCUT2D eigenvalue weighted by atomic mass is 35.5. The van der Waals surface area contributed by atoms with Gasteiger partial charge in [-0.05, 0) is 60.4 Å². The maximum atomic E-state index is 13.4. The number of hydrogen-bond donors (Lipinski definition) is 0. The predicted octanol–water partition coefficient (Wildman–Crippen LogP) is 4.97. The number of benzene rings is 3. The third-order valence-electron chi connectivity index (χ3n) is 5.63. The number of carbonyl (C=O) groups is 1. The minimum absolute atomic E-state index is 0.00558. The van der Waals surface area contributed by atoms with Gasteiger partial charge in [0.2, 0.25) is 10.0 Å². The van der Waals surface area contributed by atoms with E-state index >= 15 is 0 Å². The van der Waals surface area contributed by atoms with Gasteiger partial charge in [-0.15, -0.1) is 0 Å². The molecule has 166 valence electrons. The fourth-order valence-corrected chi connectivity index (χ4v) is 5.10. The van der Waals surface area contributed by atoms with Gasteiger partial charge in [0.1, 0.15) is 0 Å². The van der Waals surface area contributed by atoms with Crippen LogP contribution in [0.1, 0.15) is 34.3 Å². The average Bonchev–Trinajstić information content (AvgIpc) is 3.65. The highest BCUT2D eigenvalue weighted by molar-refractivity contribution is 7.89. The predicted molar refractivity (Wildman–Crippen MR) is 126 cm³/mol. The summed E-state index contributed by atoms with van der Waals surface area (Å²) >= 11 is 5.95. The third kappa shape index (κ3) is 5.21. The lowest BCUT2D eigenvalue weighted by Crippen LogP contribution is -2.30. The van der Waals surface area contributed by atoms with E-state index in [0.717, 1.165) is 24.0 Å². The summed E-state index contributed by atoms with van der Waals surface area (Å²) in [6.45, 7) is 0.420. The zero-order valence-electron chi connectivity index (χ0n) is 17.8. The first-order valence-electron chi connectivity index (χ1n) is 10.5. The van der Waals surface area contributed by atoms with E-state index in [1.54, 1.807) is 29.2 Å². The van der Waals surface area contributed by atoms with E-state index in [-0.39, 0.29) is 23.9 Å². The summed E-state index contributed by atoms with van der Waals surface area (Å²) in [6, 6.07) is 23.2. The Morgan fingerprint density at radius 1 is 0.875 bits per heavy atom. The third-order valence-corrected chi connectivity index (χ3v) is 7.69. The summed E-state index contributed by atoms with van der Waals surface area (Å²) in [5, 5.41) is 0.481. The van der Waals surface area contributed by atoms with E-state index in [1.807, 2.05) is 49.5 Å². The molecule has 0 unspecified atom stereocenters. The molecule has 0 aromatic heterocycles. The Balaban J connectivity index is 1.58. The molecule has 0 spiro atoms. The molecule has 0 aliphatic heterocycles. The van der Waals surface area contributed by atoms with Gasteiger partial charge in [-0.2, -0.15) is 4.31 Å². The van der Waals surface area contributed by atoms with Crippen LogP contribution in [0.25, 0.3) is 0 Å². The highest BCUT2D eigenvalue weighted by Gasteiger charge is 2.30. The van der Waals surface area contributed by atoms with Crippen LogP contribution in [0.15, 0.2) is 83.8 Å². The molecule has 0 saturated heterocycles. The molecule has 1 aliphatic rings. The summed E-state index contributed by atoms with van der Waals surface area (Å²) in [4.78, 5) is 14.6. The van der Waals surface area contributed by atoms with Crippen LogP contribution < -0.4 is 0 Å². The van der Waals surface area contributed by atoms with E-state index in [9.17, 15) is 13.2 Å². The molecule has 3 aromatic carbocycles. The Kier molecular flexibility index (Phi) is 6.65. The molecular formula is C25H25ClN2O3S. The quantitative estimate of drug-likeness (QED) is 0.469. The summed E-state index contributed by atoms with van der Waals surface area (Å²) in [5.41, 5.74) is 2.31. The standard InChI is InChI=1S/C25H25ClN2O3S/c1-27(23-13-14-23)25(29)21-9-7-20(8-10-21)18-28(17-19-5-3-2-4-6-19)32(30,31)24-15-11-22(26)12-16-24/h2-12,15-16,23H,13-14,17-18H2,1H3. The van der Waals surface area contributed by atoms with Crippen molar-refractivity contribution in [2.75, 3.05) is 7.05 Å². The van der Waals surface area contributed by atoms with Gasteiger partial charge in [-0.1, -0.05) is 54.1 Å². The molecule has 1 fully saturated rings. The summed E-state index contributed by atoms with van der Waals surface area (Å²) in [6.07, 6.45) is 2.11. The van der Waals surface area contributed by atoms with Crippen molar-refractivity contribution >= 4 is 27.5 Å². The van der Waals surface area contributed by atoms with Crippen molar-refractivity contribution < 1.29 is 13.2 Å². The van der Waals surface area contributed by atoms with E-state index in [1.165, 1.54) is 16.4 Å². The van der Waals surface area contributed by atoms with Crippen molar-refractivity contribution in [3.63, 3.8) is 0 Å². The van der Waals surface area contributed by atoms with Crippen molar-refractivity contribution in [3.8, 4) is 0 Å². The van der Waals surface area contributed by atoms with E-state index < -0.39 is 10.0 Å².